The number of hydrogen-bond acceptors (Lipinski definition) is 4. The van der Waals surface area contributed by atoms with E-state index in [1.54, 1.807) is 20.8 Å². The van der Waals surface area contributed by atoms with Crippen LogP contribution in [-0.4, -0.2) is 17.4 Å². The second-order valence-corrected chi connectivity index (χ2v) is 4.99. The summed E-state index contributed by atoms with van der Waals surface area (Å²) in [7, 11) is 0. The molecule has 0 N–H and O–H groups in total. The van der Waals surface area contributed by atoms with E-state index in [1.807, 2.05) is 20.8 Å². The maximum atomic E-state index is 11.7. The van der Waals surface area contributed by atoms with Gasteiger partial charge in [-0.1, -0.05) is 0 Å². The standard InChI is InChI=1S/C11H18O4/c1-7-8(14-11(5,6)13-7)9(12)15-10(2,3)4/h1-6H3. The molecule has 0 atom stereocenters. The molecule has 15 heavy (non-hydrogen) atoms. The zero-order valence-corrected chi connectivity index (χ0v) is 10.1. The van der Waals surface area contributed by atoms with Gasteiger partial charge in [0.15, 0.2) is 0 Å². The largest absolute Gasteiger partial charge is 0.454 e. The van der Waals surface area contributed by atoms with Gasteiger partial charge in [0.05, 0.1) is 0 Å². The molecule has 0 saturated heterocycles. The van der Waals surface area contributed by atoms with Crippen molar-refractivity contribution in [3.05, 3.63) is 11.5 Å². The van der Waals surface area contributed by atoms with E-state index in [-0.39, 0.29) is 5.76 Å². The van der Waals surface area contributed by atoms with Crippen LogP contribution in [0.5, 0.6) is 0 Å². The smallest absolute Gasteiger partial charge is 0.377 e. The first-order chi connectivity index (χ1) is 6.61. The first kappa shape index (κ1) is 11.9. The molecule has 0 amide bonds. The van der Waals surface area contributed by atoms with E-state index in [1.165, 1.54) is 0 Å². The minimum atomic E-state index is -0.781. The first-order valence-corrected chi connectivity index (χ1v) is 4.93. The van der Waals surface area contributed by atoms with Gasteiger partial charge >= 0.3 is 5.97 Å². The van der Waals surface area contributed by atoms with Crippen molar-refractivity contribution in [2.75, 3.05) is 0 Å². The summed E-state index contributed by atoms with van der Waals surface area (Å²) in [5.74, 6) is -0.634. The van der Waals surface area contributed by atoms with Gasteiger partial charge in [0, 0.05) is 13.8 Å². The summed E-state index contributed by atoms with van der Waals surface area (Å²) in [6.45, 7) is 10.6. The van der Waals surface area contributed by atoms with Gasteiger partial charge in [0.1, 0.15) is 11.4 Å². The van der Waals surface area contributed by atoms with Crippen molar-refractivity contribution in [3.63, 3.8) is 0 Å². The molecule has 0 saturated carbocycles. The van der Waals surface area contributed by atoms with Crippen LogP contribution in [0.25, 0.3) is 0 Å². The summed E-state index contributed by atoms with van der Waals surface area (Å²) < 4.78 is 15.9. The number of carbonyl (C=O) groups is 1. The number of hydrogen-bond donors (Lipinski definition) is 0. The molecule has 0 aromatic rings. The molecule has 0 spiro atoms. The van der Waals surface area contributed by atoms with E-state index in [9.17, 15) is 4.79 Å². The lowest BCUT2D eigenvalue weighted by Crippen LogP contribution is -2.27. The van der Waals surface area contributed by atoms with Gasteiger partial charge in [-0.15, -0.1) is 0 Å². The van der Waals surface area contributed by atoms with Crippen LogP contribution < -0.4 is 0 Å². The highest BCUT2D eigenvalue weighted by Gasteiger charge is 2.37. The Morgan fingerprint density at radius 1 is 1.27 bits per heavy atom. The highest BCUT2D eigenvalue weighted by atomic mass is 16.7. The van der Waals surface area contributed by atoms with Gasteiger partial charge in [-0.2, -0.15) is 0 Å². The van der Waals surface area contributed by atoms with Crippen molar-refractivity contribution < 1.29 is 19.0 Å². The number of carbonyl (C=O) groups excluding carboxylic acids is 1. The van der Waals surface area contributed by atoms with E-state index >= 15 is 0 Å². The van der Waals surface area contributed by atoms with Crippen molar-refractivity contribution in [1.29, 1.82) is 0 Å². The van der Waals surface area contributed by atoms with Crippen LogP contribution in [0.3, 0.4) is 0 Å². The summed E-state index contributed by atoms with van der Waals surface area (Å²) in [5, 5.41) is 0. The fraction of sp³-hybridized carbons (Fsp3) is 0.727. The van der Waals surface area contributed by atoms with Crippen LogP contribution in [0, 0.1) is 0 Å². The van der Waals surface area contributed by atoms with Crippen molar-refractivity contribution in [1.82, 2.24) is 0 Å². The molecule has 0 unspecified atom stereocenters. The van der Waals surface area contributed by atoms with E-state index in [4.69, 9.17) is 14.2 Å². The van der Waals surface area contributed by atoms with Gasteiger partial charge in [0.2, 0.25) is 11.5 Å². The molecular weight excluding hydrogens is 196 g/mol. The number of allylic oxidation sites excluding steroid dienone is 1. The fourth-order valence-corrected chi connectivity index (χ4v) is 1.26. The van der Waals surface area contributed by atoms with Crippen molar-refractivity contribution >= 4 is 5.97 Å². The fourth-order valence-electron chi connectivity index (χ4n) is 1.26. The second-order valence-electron chi connectivity index (χ2n) is 4.99. The highest BCUT2D eigenvalue weighted by molar-refractivity contribution is 5.87. The molecule has 0 fully saturated rings. The molecule has 0 radical (unpaired) electrons. The van der Waals surface area contributed by atoms with Crippen LogP contribution in [0.1, 0.15) is 41.5 Å². The molecule has 1 heterocycles. The zero-order chi connectivity index (χ0) is 11.9. The summed E-state index contributed by atoms with van der Waals surface area (Å²) in [5.41, 5.74) is -0.527. The van der Waals surface area contributed by atoms with Crippen molar-refractivity contribution in [2.24, 2.45) is 0 Å². The van der Waals surface area contributed by atoms with E-state index in [0.29, 0.717) is 5.76 Å². The van der Waals surface area contributed by atoms with Crippen molar-refractivity contribution in [2.45, 2.75) is 52.9 Å². The van der Waals surface area contributed by atoms with Gasteiger partial charge in [-0.25, -0.2) is 4.79 Å². The third-order valence-corrected chi connectivity index (χ3v) is 1.65. The molecule has 4 nitrogen and oxygen atoms in total. The summed E-state index contributed by atoms with van der Waals surface area (Å²) in [6, 6.07) is 0. The molecule has 86 valence electrons. The predicted octanol–water partition coefficient (Wildman–Crippen LogP) is 2.34. The number of esters is 1. The topological polar surface area (TPSA) is 44.8 Å². The molecular formula is C11H18O4. The lowest BCUT2D eigenvalue weighted by Gasteiger charge is -2.21. The molecule has 0 aromatic carbocycles. The number of ether oxygens (including phenoxy) is 3. The Morgan fingerprint density at radius 2 is 1.80 bits per heavy atom. The molecule has 1 aliphatic heterocycles. The van der Waals surface area contributed by atoms with E-state index in [0.717, 1.165) is 0 Å². The first-order valence-electron chi connectivity index (χ1n) is 4.93. The van der Waals surface area contributed by atoms with Crippen LogP contribution in [0.4, 0.5) is 0 Å². The Kier molecular flexibility index (Phi) is 2.72. The molecule has 0 aliphatic carbocycles. The van der Waals surface area contributed by atoms with Gasteiger partial charge in [-0.3, -0.25) is 0 Å². The zero-order valence-electron chi connectivity index (χ0n) is 10.1. The Labute approximate surface area is 90.2 Å². The van der Waals surface area contributed by atoms with Crippen LogP contribution >= 0.6 is 0 Å². The minimum absolute atomic E-state index is 0.162. The lowest BCUT2D eigenvalue weighted by atomic mass is 10.2. The average Bonchev–Trinajstić information content (AvgIpc) is 2.20. The minimum Gasteiger partial charge on any atom is -0.454 e. The molecule has 0 bridgehead atoms. The average molecular weight is 214 g/mol. The van der Waals surface area contributed by atoms with Gasteiger partial charge < -0.3 is 14.2 Å². The van der Waals surface area contributed by atoms with Crippen molar-refractivity contribution in [3.8, 4) is 0 Å². The Morgan fingerprint density at radius 3 is 2.13 bits per heavy atom. The van der Waals surface area contributed by atoms with Crippen LogP contribution in [0.15, 0.2) is 11.5 Å². The summed E-state index contributed by atoms with van der Waals surface area (Å²) >= 11 is 0. The normalized spacial score (nSPS) is 19.6. The molecule has 4 heteroatoms. The lowest BCUT2D eigenvalue weighted by molar-refractivity contribution is -0.163. The SMILES string of the molecule is CC1=C(C(=O)OC(C)(C)C)OC(C)(C)O1. The summed E-state index contributed by atoms with van der Waals surface area (Å²) in [4.78, 5) is 11.7. The molecule has 1 aliphatic rings. The maximum Gasteiger partial charge on any atom is 0.377 e. The van der Waals surface area contributed by atoms with Crippen LogP contribution in [-0.2, 0) is 19.0 Å². The highest BCUT2D eigenvalue weighted by Crippen LogP contribution is 2.31. The predicted molar refractivity (Wildman–Crippen MR) is 54.8 cm³/mol. The molecule has 0 aromatic heterocycles. The van der Waals surface area contributed by atoms with Crippen LogP contribution in [0.2, 0.25) is 0 Å². The second kappa shape index (κ2) is 3.43. The van der Waals surface area contributed by atoms with Gasteiger partial charge in [-0.05, 0) is 27.7 Å². The molecule has 1 rings (SSSR count). The van der Waals surface area contributed by atoms with Gasteiger partial charge in [0.25, 0.3) is 0 Å². The Hall–Kier alpha value is -1.19. The van der Waals surface area contributed by atoms with E-state index in [2.05, 4.69) is 0 Å². The Balaban J connectivity index is 2.74. The quantitative estimate of drug-likeness (QED) is 0.628. The third kappa shape index (κ3) is 3.15. The monoisotopic (exact) mass is 214 g/mol. The number of rotatable bonds is 1. The summed E-state index contributed by atoms with van der Waals surface area (Å²) in [6.07, 6.45) is 0. The Bertz CT molecular complexity index is 307. The van der Waals surface area contributed by atoms with E-state index < -0.39 is 17.4 Å². The third-order valence-electron chi connectivity index (χ3n) is 1.65. The maximum absolute atomic E-state index is 11.7.